The van der Waals surface area contributed by atoms with Crippen LogP contribution in [0.15, 0.2) is 17.3 Å². The summed E-state index contributed by atoms with van der Waals surface area (Å²) in [7, 11) is -3.50. The Bertz CT molecular complexity index is 512. The Hall–Kier alpha value is -0.720. The third-order valence-electron chi connectivity index (χ3n) is 2.70. The Kier molecular flexibility index (Phi) is 3.89. The zero-order chi connectivity index (χ0) is 13.3. The second-order valence-corrected chi connectivity index (χ2v) is 7.12. The molecule has 0 saturated heterocycles. The largest absolute Gasteiger partial charge is 0.246 e. The summed E-state index contributed by atoms with van der Waals surface area (Å²) in [6.07, 6.45) is 4.39. The number of rotatable bonds is 5. The number of nitrogens with zero attached hydrogens (tertiary/aromatic N) is 3. The number of hydrogen-bond donors (Lipinski definition) is 0. The molecular formula is C11H16ClN3O2S. The first-order valence-corrected chi connectivity index (χ1v) is 7.72. The van der Waals surface area contributed by atoms with E-state index in [2.05, 4.69) is 9.97 Å². The molecule has 1 aliphatic carbocycles. The van der Waals surface area contributed by atoms with E-state index in [9.17, 15) is 8.42 Å². The third-order valence-corrected chi connectivity index (χ3v) is 4.77. The maximum Gasteiger partial charge on any atom is 0.246 e. The molecule has 1 heterocycles. The quantitative estimate of drug-likeness (QED) is 0.777. The first-order valence-electron chi connectivity index (χ1n) is 5.90. The van der Waals surface area contributed by atoms with E-state index in [1.165, 1.54) is 12.4 Å². The highest BCUT2D eigenvalue weighted by Gasteiger charge is 2.38. The predicted molar refractivity (Wildman–Crippen MR) is 68.8 cm³/mol. The molecule has 1 aromatic heterocycles. The molecular weight excluding hydrogens is 274 g/mol. The first kappa shape index (κ1) is 13.7. The van der Waals surface area contributed by atoms with Gasteiger partial charge in [0.2, 0.25) is 15.3 Å². The molecule has 0 aromatic carbocycles. The molecule has 5 nitrogen and oxygen atoms in total. The summed E-state index contributed by atoms with van der Waals surface area (Å²) >= 11 is 5.57. The highest BCUT2D eigenvalue weighted by Crippen LogP contribution is 2.32. The van der Waals surface area contributed by atoms with Gasteiger partial charge in [-0.05, 0) is 30.4 Å². The zero-order valence-electron chi connectivity index (χ0n) is 10.4. The zero-order valence-corrected chi connectivity index (χ0v) is 11.9. The van der Waals surface area contributed by atoms with E-state index < -0.39 is 10.0 Å². The number of aromatic nitrogens is 2. The molecule has 1 saturated carbocycles. The van der Waals surface area contributed by atoms with Gasteiger partial charge in [-0.1, -0.05) is 13.8 Å². The van der Waals surface area contributed by atoms with Crippen LogP contribution in [-0.4, -0.2) is 35.3 Å². The van der Waals surface area contributed by atoms with Crippen LogP contribution in [0.3, 0.4) is 0 Å². The molecule has 0 radical (unpaired) electrons. The molecule has 2 rings (SSSR count). The predicted octanol–water partition coefficient (Wildman–Crippen LogP) is 1.94. The maximum absolute atomic E-state index is 12.5. The molecule has 0 N–H and O–H groups in total. The molecule has 1 aromatic rings. The van der Waals surface area contributed by atoms with Crippen LogP contribution in [0, 0.1) is 5.92 Å². The maximum atomic E-state index is 12.5. The van der Waals surface area contributed by atoms with E-state index in [1.54, 1.807) is 4.31 Å². The number of hydrogen-bond acceptors (Lipinski definition) is 4. The fourth-order valence-corrected chi connectivity index (χ4v) is 3.57. The molecule has 7 heteroatoms. The summed E-state index contributed by atoms with van der Waals surface area (Å²) in [6.45, 7) is 4.53. The molecule has 0 atom stereocenters. The Morgan fingerprint density at radius 2 is 1.94 bits per heavy atom. The minimum atomic E-state index is -3.50. The van der Waals surface area contributed by atoms with Crippen molar-refractivity contribution in [2.45, 2.75) is 37.6 Å². The van der Waals surface area contributed by atoms with Gasteiger partial charge in [-0.2, -0.15) is 4.31 Å². The topological polar surface area (TPSA) is 63.2 Å². The average molecular weight is 290 g/mol. The standard InChI is InChI=1S/C11H16ClN3O2S/c1-8(2)7-15(9-3-4-9)18(16,17)10-5-13-11(12)14-6-10/h5-6,8-9H,3-4,7H2,1-2H3. The lowest BCUT2D eigenvalue weighted by Crippen LogP contribution is -2.36. The second-order valence-electron chi connectivity index (χ2n) is 4.89. The van der Waals surface area contributed by atoms with Crippen molar-refractivity contribution < 1.29 is 8.42 Å². The van der Waals surface area contributed by atoms with E-state index in [0.717, 1.165) is 12.8 Å². The van der Waals surface area contributed by atoms with Crippen LogP contribution in [0.2, 0.25) is 5.28 Å². The smallest absolute Gasteiger partial charge is 0.225 e. The van der Waals surface area contributed by atoms with Crippen LogP contribution in [0.25, 0.3) is 0 Å². The summed E-state index contributed by atoms with van der Waals surface area (Å²) < 4.78 is 26.5. The van der Waals surface area contributed by atoms with Gasteiger partial charge in [0.15, 0.2) is 0 Å². The summed E-state index contributed by atoms with van der Waals surface area (Å²) in [4.78, 5) is 7.58. The summed E-state index contributed by atoms with van der Waals surface area (Å²) in [5, 5.41) is 0.0516. The molecule has 0 aliphatic heterocycles. The van der Waals surface area contributed by atoms with Crippen LogP contribution in [-0.2, 0) is 10.0 Å². The van der Waals surface area contributed by atoms with Crippen molar-refractivity contribution in [3.8, 4) is 0 Å². The van der Waals surface area contributed by atoms with E-state index in [-0.39, 0.29) is 22.1 Å². The van der Waals surface area contributed by atoms with E-state index in [4.69, 9.17) is 11.6 Å². The Morgan fingerprint density at radius 3 is 2.39 bits per heavy atom. The van der Waals surface area contributed by atoms with Crippen LogP contribution in [0.5, 0.6) is 0 Å². The van der Waals surface area contributed by atoms with Gasteiger partial charge < -0.3 is 0 Å². The van der Waals surface area contributed by atoms with Crippen molar-refractivity contribution >= 4 is 21.6 Å². The molecule has 0 spiro atoms. The summed E-state index contributed by atoms with van der Waals surface area (Å²) in [5.41, 5.74) is 0. The van der Waals surface area contributed by atoms with Crippen molar-refractivity contribution in [3.63, 3.8) is 0 Å². The molecule has 0 amide bonds. The van der Waals surface area contributed by atoms with Crippen molar-refractivity contribution in [1.82, 2.24) is 14.3 Å². The minimum Gasteiger partial charge on any atom is -0.225 e. The van der Waals surface area contributed by atoms with Crippen LogP contribution in [0.4, 0.5) is 0 Å². The van der Waals surface area contributed by atoms with Gasteiger partial charge >= 0.3 is 0 Å². The highest BCUT2D eigenvalue weighted by molar-refractivity contribution is 7.89. The highest BCUT2D eigenvalue weighted by atomic mass is 35.5. The van der Waals surface area contributed by atoms with Gasteiger partial charge in [0.05, 0.1) is 12.4 Å². The van der Waals surface area contributed by atoms with Gasteiger partial charge in [-0.15, -0.1) is 0 Å². The second kappa shape index (κ2) is 5.11. The first-order chi connectivity index (χ1) is 8.41. The molecule has 0 unspecified atom stereocenters. The van der Waals surface area contributed by atoms with Crippen molar-refractivity contribution in [3.05, 3.63) is 17.7 Å². The molecule has 100 valence electrons. The van der Waals surface area contributed by atoms with Gasteiger partial charge in [-0.25, -0.2) is 18.4 Å². The molecule has 18 heavy (non-hydrogen) atoms. The average Bonchev–Trinajstić information content (AvgIpc) is 3.10. The van der Waals surface area contributed by atoms with Crippen molar-refractivity contribution in [1.29, 1.82) is 0 Å². The van der Waals surface area contributed by atoms with E-state index >= 15 is 0 Å². The van der Waals surface area contributed by atoms with Gasteiger partial charge in [-0.3, -0.25) is 0 Å². The van der Waals surface area contributed by atoms with E-state index in [1.807, 2.05) is 13.8 Å². The molecule has 1 fully saturated rings. The fraction of sp³-hybridized carbons (Fsp3) is 0.636. The van der Waals surface area contributed by atoms with Crippen molar-refractivity contribution in [2.75, 3.05) is 6.54 Å². The normalized spacial score (nSPS) is 16.5. The van der Waals surface area contributed by atoms with E-state index in [0.29, 0.717) is 6.54 Å². The molecule has 1 aliphatic rings. The Balaban J connectivity index is 2.29. The van der Waals surface area contributed by atoms with Gasteiger partial charge in [0.25, 0.3) is 0 Å². The monoisotopic (exact) mass is 289 g/mol. The van der Waals surface area contributed by atoms with Crippen LogP contribution in [0.1, 0.15) is 26.7 Å². The summed E-state index contributed by atoms with van der Waals surface area (Å²) in [5.74, 6) is 0.286. The lowest BCUT2D eigenvalue weighted by molar-refractivity contribution is 0.360. The van der Waals surface area contributed by atoms with Crippen molar-refractivity contribution in [2.24, 2.45) is 5.92 Å². The SMILES string of the molecule is CC(C)CN(C1CC1)S(=O)(=O)c1cnc(Cl)nc1. The van der Waals surface area contributed by atoms with Gasteiger partial charge in [0.1, 0.15) is 4.90 Å². The summed E-state index contributed by atoms with van der Waals surface area (Å²) in [6, 6.07) is 0.132. The Labute approximate surface area is 112 Å². The van der Waals surface area contributed by atoms with Gasteiger partial charge in [0, 0.05) is 12.6 Å². The number of halogens is 1. The third kappa shape index (κ3) is 2.99. The van der Waals surface area contributed by atoms with Crippen LogP contribution < -0.4 is 0 Å². The lowest BCUT2D eigenvalue weighted by atomic mass is 10.2. The molecule has 0 bridgehead atoms. The minimum absolute atomic E-state index is 0.0516. The lowest BCUT2D eigenvalue weighted by Gasteiger charge is -2.23. The Morgan fingerprint density at radius 1 is 1.39 bits per heavy atom. The number of sulfonamides is 1. The fourth-order valence-electron chi connectivity index (χ4n) is 1.73. The van der Waals surface area contributed by atoms with Crippen LogP contribution >= 0.6 is 11.6 Å².